The molecule has 0 bridgehead atoms. The highest BCUT2D eigenvalue weighted by molar-refractivity contribution is 5.92. The second kappa shape index (κ2) is 9.37. The number of ether oxygens (including phenoxy) is 1. The first-order valence-electron chi connectivity index (χ1n) is 9.38. The van der Waals surface area contributed by atoms with Crippen LogP contribution < -0.4 is 10.1 Å². The Kier molecular flexibility index (Phi) is 6.65. The fourth-order valence-electron chi connectivity index (χ4n) is 3.23. The monoisotopic (exact) mass is 369 g/mol. The van der Waals surface area contributed by atoms with Crippen LogP contribution in [0.15, 0.2) is 40.9 Å². The quantitative estimate of drug-likeness (QED) is 0.812. The summed E-state index contributed by atoms with van der Waals surface area (Å²) >= 11 is 0. The number of methoxy groups -OCH3 is 1. The SMILES string of the molecule is COc1ccc(/C=C/CN2CCC(CNC(=O)c3cc(C)on3)CC2)cc1. The van der Waals surface area contributed by atoms with Crippen molar-refractivity contribution in [3.63, 3.8) is 0 Å². The lowest BCUT2D eigenvalue weighted by molar-refractivity contribution is 0.0928. The molecule has 1 fully saturated rings. The molecule has 6 nitrogen and oxygen atoms in total. The van der Waals surface area contributed by atoms with Crippen molar-refractivity contribution in [1.82, 2.24) is 15.4 Å². The average Bonchev–Trinajstić information content (AvgIpc) is 3.14. The number of amides is 1. The van der Waals surface area contributed by atoms with Crippen LogP contribution in [0, 0.1) is 12.8 Å². The van der Waals surface area contributed by atoms with Crippen molar-refractivity contribution >= 4 is 12.0 Å². The molecule has 1 aromatic heterocycles. The number of rotatable bonds is 7. The topological polar surface area (TPSA) is 67.6 Å². The highest BCUT2D eigenvalue weighted by Crippen LogP contribution is 2.17. The summed E-state index contributed by atoms with van der Waals surface area (Å²) in [4.78, 5) is 14.5. The molecule has 1 amide bonds. The molecule has 0 saturated carbocycles. The van der Waals surface area contributed by atoms with Gasteiger partial charge in [0.1, 0.15) is 11.5 Å². The van der Waals surface area contributed by atoms with Crippen LogP contribution in [0.2, 0.25) is 0 Å². The van der Waals surface area contributed by atoms with Gasteiger partial charge in [-0.05, 0) is 56.5 Å². The van der Waals surface area contributed by atoms with Gasteiger partial charge in [0.15, 0.2) is 5.69 Å². The molecule has 3 rings (SSSR count). The van der Waals surface area contributed by atoms with Gasteiger partial charge in [0.2, 0.25) is 0 Å². The van der Waals surface area contributed by atoms with Crippen molar-refractivity contribution in [1.29, 1.82) is 0 Å². The van der Waals surface area contributed by atoms with Gasteiger partial charge in [-0.1, -0.05) is 29.4 Å². The van der Waals surface area contributed by atoms with Crippen LogP contribution in [-0.4, -0.2) is 49.3 Å². The van der Waals surface area contributed by atoms with Crippen molar-refractivity contribution in [2.24, 2.45) is 5.92 Å². The van der Waals surface area contributed by atoms with Crippen LogP contribution in [0.25, 0.3) is 6.08 Å². The number of nitrogens with zero attached hydrogens (tertiary/aromatic N) is 2. The van der Waals surface area contributed by atoms with Crippen LogP contribution in [0.4, 0.5) is 0 Å². The normalized spacial score (nSPS) is 15.9. The molecule has 0 radical (unpaired) electrons. The van der Waals surface area contributed by atoms with Crippen molar-refractivity contribution in [2.75, 3.05) is 33.3 Å². The van der Waals surface area contributed by atoms with Gasteiger partial charge in [-0.25, -0.2) is 0 Å². The maximum atomic E-state index is 12.0. The van der Waals surface area contributed by atoms with Crippen molar-refractivity contribution in [3.8, 4) is 5.75 Å². The lowest BCUT2D eigenvalue weighted by atomic mass is 9.96. The third-order valence-corrected chi connectivity index (χ3v) is 4.91. The van der Waals surface area contributed by atoms with Crippen molar-refractivity contribution in [2.45, 2.75) is 19.8 Å². The maximum absolute atomic E-state index is 12.0. The standard InChI is InChI=1S/C21H27N3O3/c1-16-14-20(23-27-16)21(25)22-15-18-9-12-24(13-10-18)11-3-4-17-5-7-19(26-2)8-6-17/h3-8,14,18H,9-13,15H2,1-2H3,(H,22,25)/b4-3+. The predicted octanol–water partition coefficient (Wildman–Crippen LogP) is 3.15. The number of aromatic nitrogens is 1. The number of hydrogen-bond acceptors (Lipinski definition) is 5. The van der Waals surface area contributed by atoms with Gasteiger partial charge in [0.05, 0.1) is 7.11 Å². The molecule has 0 atom stereocenters. The van der Waals surface area contributed by atoms with Crippen LogP contribution in [0.5, 0.6) is 5.75 Å². The van der Waals surface area contributed by atoms with Crippen molar-refractivity contribution in [3.05, 3.63) is 53.4 Å². The minimum absolute atomic E-state index is 0.156. The molecule has 144 valence electrons. The van der Waals surface area contributed by atoms with E-state index >= 15 is 0 Å². The molecule has 1 aliphatic rings. The lowest BCUT2D eigenvalue weighted by Crippen LogP contribution is -2.38. The fraction of sp³-hybridized carbons (Fsp3) is 0.429. The Bertz CT molecular complexity index is 759. The maximum Gasteiger partial charge on any atom is 0.273 e. The van der Waals surface area contributed by atoms with Gasteiger partial charge in [-0.15, -0.1) is 0 Å². The van der Waals surface area contributed by atoms with Gasteiger partial charge in [0, 0.05) is 19.2 Å². The number of benzene rings is 1. The Hall–Kier alpha value is -2.60. The number of likely N-dealkylation sites (tertiary alicyclic amines) is 1. The lowest BCUT2D eigenvalue weighted by Gasteiger charge is -2.31. The Morgan fingerprint density at radius 2 is 2.07 bits per heavy atom. The summed E-state index contributed by atoms with van der Waals surface area (Å²) in [7, 11) is 1.68. The molecule has 1 aliphatic heterocycles. The van der Waals surface area contributed by atoms with Gasteiger partial charge >= 0.3 is 0 Å². The predicted molar refractivity (Wildman–Crippen MR) is 105 cm³/mol. The number of carbonyl (C=O) groups excluding carboxylic acids is 1. The van der Waals surface area contributed by atoms with E-state index in [-0.39, 0.29) is 5.91 Å². The molecule has 0 spiro atoms. The second-order valence-corrected chi connectivity index (χ2v) is 6.95. The smallest absolute Gasteiger partial charge is 0.273 e. The molecule has 1 N–H and O–H groups in total. The van der Waals surface area contributed by atoms with Crippen molar-refractivity contribution < 1.29 is 14.1 Å². The Morgan fingerprint density at radius 3 is 2.70 bits per heavy atom. The summed E-state index contributed by atoms with van der Waals surface area (Å²) < 4.78 is 10.1. The first kappa shape index (κ1) is 19.2. The largest absolute Gasteiger partial charge is 0.497 e. The van der Waals surface area contributed by atoms with Crippen LogP contribution in [-0.2, 0) is 0 Å². The first-order chi connectivity index (χ1) is 13.1. The zero-order valence-corrected chi connectivity index (χ0v) is 16.0. The van der Waals surface area contributed by atoms with E-state index in [0.29, 0.717) is 23.9 Å². The molecule has 2 aromatic rings. The van der Waals surface area contributed by atoms with Crippen LogP contribution in [0.1, 0.15) is 34.7 Å². The Labute approximate surface area is 160 Å². The van der Waals surface area contributed by atoms with Gasteiger partial charge < -0.3 is 14.6 Å². The Morgan fingerprint density at radius 1 is 1.33 bits per heavy atom. The van der Waals surface area contributed by atoms with E-state index < -0.39 is 0 Å². The molecule has 2 heterocycles. The molecule has 1 saturated heterocycles. The summed E-state index contributed by atoms with van der Waals surface area (Å²) in [5.41, 5.74) is 1.53. The van der Waals surface area contributed by atoms with E-state index in [1.54, 1.807) is 20.1 Å². The molecule has 6 heteroatoms. The van der Waals surface area contributed by atoms with E-state index in [1.165, 1.54) is 5.56 Å². The van der Waals surface area contributed by atoms with E-state index in [9.17, 15) is 4.79 Å². The summed E-state index contributed by atoms with van der Waals surface area (Å²) in [5, 5.41) is 6.72. The minimum atomic E-state index is -0.156. The molecule has 1 aromatic carbocycles. The molecule has 27 heavy (non-hydrogen) atoms. The molecule has 0 aliphatic carbocycles. The highest BCUT2D eigenvalue weighted by atomic mass is 16.5. The van der Waals surface area contributed by atoms with Gasteiger partial charge in [-0.2, -0.15) is 0 Å². The summed E-state index contributed by atoms with van der Waals surface area (Å²) in [6, 6.07) is 9.72. The molecular weight excluding hydrogens is 342 g/mol. The second-order valence-electron chi connectivity index (χ2n) is 6.95. The average molecular weight is 369 g/mol. The van der Waals surface area contributed by atoms with E-state index in [2.05, 4.69) is 39.7 Å². The van der Waals surface area contributed by atoms with E-state index in [1.807, 2.05) is 12.1 Å². The number of piperidine rings is 1. The summed E-state index contributed by atoms with van der Waals surface area (Å²) in [6.45, 7) is 5.53. The number of aryl methyl sites for hydroxylation is 1. The van der Waals surface area contributed by atoms with E-state index in [0.717, 1.165) is 38.2 Å². The van der Waals surface area contributed by atoms with Gasteiger partial charge in [-0.3, -0.25) is 9.69 Å². The van der Waals surface area contributed by atoms with Crippen LogP contribution in [0.3, 0.4) is 0 Å². The van der Waals surface area contributed by atoms with Crippen LogP contribution >= 0.6 is 0 Å². The van der Waals surface area contributed by atoms with E-state index in [4.69, 9.17) is 9.26 Å². The minimum Gasteiger partial charge on any atom is -0.497 e. The summed E-state index contributed by atoms with van der Waals surface area (Å²) in [6.07, 6.45) is 6.53. The third kappa shape index (κ3) is 5.69. The summed E-state index contributed by atoms with van der Waals surface area (Å²) in [5.74, 6) is 1.89. The third-order valence-electron chi connectivity index (χ3n) is 4.91. The zero-order chi connectivity index (χ0) is 19.1. The fourth-order valence-corrected chi connectivity index (χ4v) is 3.23. The molecular formula is C21H27N3O3. The highest BCUT2D eigenvalue weighted by Gasteiger charge is 2.20. The first-order valence-corrected chi connectivity index (χ1v) is 9.38. The number of nitrogens with one attached hydrogen (secondary N) is 1. The number of carbonyl (C=O) groups is 1. The molecule has 0 unspecified atom stereocenters. The number of hydrogen-bond donors (Lipinski definition) is 1. The Balaban J connectivity index is 1.36. The zero-order valence-electron chi connectivity index (χ0n) is 16.0. The van der Waals surface area contributed by atoms with Gasteiger partial charge in [0.25, 0.3) is 5.91 Å².